The Kier molecular flexibility index (Phi) is 4.50. The molecule has 1 rings (SSSR count). The summed E-state index contributed by atoms with van der Waals surface area (Å²) in [4.78, 5) is 10.1. The van der Waals surface area contributed by atoms with E-state index in [0.717, 1.165) is 5.33 Å². The van der Waals surface area contributed by atoms with E-state index in [9.17, 15) is 10.1 Å². The first-order valence-corrected chi connectivity index (χ1v) is 5.54. The number of hydrogen-bond donors (Lipinski definition) is 0. The van der Waals surface area contributed by atoms with Crippen molar-refractivity contribution in [3.63, 3.8) is 0 Å². The van der Waals surface area contributed by atoms with E-state index in [1.165, 1.54) is 12.1 Å². The smallest absolute Gasteiger partial charge is 0.258 e. The Bertz CT molecular complexity index is 509. The van der Waals surface area contributed by atoms with E-state index in [4.69, 9.17) is 5.26 Å². The van der Waals surface area contributed by atoms with Crippen LogP contribution in [0, 0.1) is 33.3 Å². The van der Waals surface area contributed by atoms with Crippen LogP contribution in [0.5, 0.6) is 0 Å². The Hall–Kier alpha value is -1.85. The fourth-order valence-electron chi connectivity index (χ4n) is 1.07. The summed E-state index contributed by atoms with van der Waals surface area (Å²) in [5.41, 5.74) is 0.399. The quantitative estimate of drug-likeness (QED) is 0.361. The van der Waals surface area contributed by atoms with Gasteiger partial charge in [0.2, 0.25) is 0 Å². The lowest BCUT2D eigenvalue weighted by Gasteiger charge is -1.95. The number of nitriles is 1. The molecule has 0 aromatic heterocycles. The van der Waals surface area contributed by atoms with Gasteiger partial charge < -0.3 is 0 Å². The molecule has 0 aliphatic rings. The number of halogens is 1. The van der Waals surface area contributed by atoms with E-state index in [0.29, 0.717) is 12.0 Å². The summed E-state index contributed by atoms with van der Waals surface area (Å²) in [6, 6.07) is 6.11. The molecule has 0 unspecified atom stereocenters. The van der Waals surface area contributed by atoms with E-state index in [-0.39, 0.29) is 11.3 Å². The second-order valence-corrected chi connectivity index (χ2v) is 3.63. The summed E-state index contributed by atoms with van der Waals surface area (Å²) in [5, 5.41) is 20.1. The third-order valence-corrected chi connectivity index (χ3v) is 2.16. The zero-order valence-corrected chi connectivity index (χ0v) is 9.82. The zero-order valence-electron chi connectivity index (χ0n) is 8.24. The molecule has 0 radical (unpaired) electrons. The van der Waals surface area contributed by atoms with E-state index >= 15 is 0 Å². The number of benzene rings is 1. The Labute approximate surface area is 101 Å². The van der Waals surface area contributed by atoms with E-state index in [2.05, 4.69) is 27.8 Å². The lowest BCUT2D eigenvalue weighted by molar-refractivity contribution is -0.385. The molecule has 0 spiro atoms. The molecule has 5 heteroatoms. The first-order chi connectivity index (χ1) is 7.69. The maximum atomic E-state index is 10.7. The van der Waals surface area contributed by atoms with Gasteiger partial charge in [0.05, 0.1) is 4.92 Å². The highest BCUT2D eigenvalue weighted by molar-refractivity contribution is 9.09. The first kappa shape index (κ1) is 12.2. The SMILES string of the molecule is N#Cc1ccc(C#CCCBr)cc1[N+](=O)[O-]. The van der Waals surface area contributed by atoms with Crippen LogP contribution in [0.2, 0.25) is 0 Å². The average Bonchev–Trinajstić information content (AvgIpc) is 2.29. The minimum absolute atomic E-state index is 0.0519. The highest BCUT2D eigenvalue weighted by Gasteiger charge is 2.13. The van der Waals surface area contributed by atoms with Crippen molar-refractivity contribution < 1.29 is 4.92 Å². The predicted octanol–water partition coefficient (Wildman–Crippen LogP) is 2.60. The van der Waals surface area contributed by atoms with Gasteiger partial charge in [0.25, 0.3) is 5.69 Å². The Morgan fingerprint density at radius 1 is 1.50 bits per heavy atom. The molecule has 0 bridgehead atoms. The van der Waals surface area contributed by atoms with E-state index in [1.807, 2.05) is 0 Å². The summed E-state index contributed by atoms with van der Waals surface area (Å²) >= 11 is 3.23. The van der Waals surface area contributed by atoms with Gasteiger partial charge in [0, 0.05) is 23.4 Å². The van der Waals surface area contributed by atoms with Crippen molar-refractivity contribution in [2.45, 2.75) is 6.42 Å². The molecule has 80 valence electrons. The van der Waals surface area contributed by atoms with Crippen molar-refractivity contribution >= 4 is 21.6 Å². The van der Waals surface area contributed by atoms with Crippen LogP contribution in [0.1, 0.15) is 17.5 Å². The van der Waals surface area contributed by atoms with Gasteiger partial charge in [-0.2, -0.15) is 5.26 Å². The van der Waals surface area contributed by atoms with Crippen LogP contribution in [0.4, 0.5) is 5.69 Å². The highest BCUT2D eigenvalue weighted by atomic mass is 79.9. The molecule has 0 N–H and O–H groups in total. The standard InChI is InChI=1S/C11H7BrN2O2/c12-6-2-1-3-9-4-5-10(8-13)11(7-9)14(15)16/h4-5,7H,2,6H2. The number of alkyl halides is 1. The van der Waals surface area contributed by atoms with Crippen molar-refractivity contribution in [2.24, 2.45) is 0 Å². The highest BCUT2D eigenvalue weighted by Crippen LogP contribution is 2.18. The third kappa shape index (κ3) is 3.08. The summed E-state index contributed by atoms with van der Waals surface area (Å²) < 4.78 is 0. The molecule has 0 amide bonds. The molecule has 4 nitrogen and oxygen atoms in total. The maximum absolute atomic E-state index is 10.7. The monoisotopic (exact) mass is 278 g/mol. The summed E-state index contributed by atoms with van der Waals surface area (Å²) in [6.07, 6.45) is 0.674. The van der Waals surface area contributed by atoms with Crippen LogP contribution in [0.15, 0.2) is 18.2 Å². The van der Waals surface area contributed by atoms with Gasteiger partial charge in [-0.05, 0) is 12.1 Å². The average molecular weight is 279 g/mol. The summed E-state index contributed by atoms with van der Waals surface area (Å²) in [6.45, 7) is 0. The molecule has 1 aromatic carbocycles. The largest absolute Gasteiger partial charge is 0.288 e. The predicted molar refractivity (Wildman–Crippen MR) is 63.1 cm³/mol. The van der Waals surface area contributed by atoms with Crippen molar-refractivity contribution in [2.75, 3.05) is 5.33 Å². The van der Waals surface area contributed by atoms with Crippen molar-refractivity contribution in [3.05, 3.63) is 39.4 Å². The number of nitrogens with zero attached hydrogens (tertiary/aromatic N) is 2. The topological polar surface area (TPSA) is 66.9 Å². The summed E-state index contributed by atoms with van der Waals surface area (Å²) in [5.74, 6) is 5.65. The van der Waals surface area contributed by atoms with Crippen molar-refractivity contribution in [3.8, 4) is 17.9 Å². The molecular weight excluding hydrogens is 272 g/mol. The van der Waals surface area contributed by atoms with Crippen molar-refractivity contribution in [1.82, 2.24) is 0 Å². The van der Waals surface area contributed by atoms with E-state index in [1.54, 1.807) is 12.1 Å². The Balaban J connectivity index is 3.10. The minimum atomic E-state index is -0.575. The molecule has 0 heterocycles. The molecule has 0 aliphatic heterocycles. The fourth-order valence-corrected chi connectivity index (χ4v) is 1.27. The number of rotatable bonds is 2. The van der Waals surface area contributed by atoms with Gasteiger partial charge in [0.15, 0.2) is 0 Å². The molecule has 0 saturated heterocycles. The third-order valence-electron chi connectivity index (χ3n) is 1.77. The molecular formula is C11H7BrN2O2. The van der Waals surface area contributed by atoms with Crippen LogP contribution in [-0.2, 0) is 0 Å². The van der Waals surface area contributed by atoms with Gasteiger partial charge in [-0.3, -0.25) is 10.1 Å². The first-order valence-electron chi connectivity index (χ1n) is 4.42. The van der Waals surface area contributed by atoms with Crippen LogP contribution in [0.3, 0.4) is 0 Å². The lowest BCUT2D eigenvalue weighted by Crippen LogP contribution is -1.92. The molecule has 0 aliphatic carbocycles. The van der Waals surface area contributed by atoms with E-state index < -0.39 is 4.92 Å². The lowest BCUT2D eigenvalue weighted by atomic mass is 10.1. The summed E-state index contributed by atoms with van der Waals surface area (Å²) in [7, 11) is 0. The van der Waals surface area contributed by atoms with Gasteiger partial charge >= 0.3 is 0 Å². The van der Waals surface area contributed by atoms with Gasteiger partial charge in [-0.15, -0.1) is 0 Å². The Morgan fingerprint density at radius 2 is 2.25 bits per heavy atom. The normalized spacial score (nSPS) is 8.75. The second kappa shape index (κ2) is 5.89. The number of nitro benzene ring substituents is 1. The second-order valence-electron chi connectivity index (χ2n) is 2.84. The molecule has 0 fully saturated rings. The van der Waals surface area contributed by atoms with Gasteiger partial charge in [0.1, 0.15) is 11.6 Å². The minimum Gasteiger partial charge on any atom is -0.258 e. The maximum Gasteiger partial charge on any atom is 0.288 e. The molecule has 0 atom stereocenters. The van der Waals surface area contributed by atoms with Gasteiger partial charge in [-0.1, -0.05) is 27.8 Å². The van der Waals surface area contributed by atoms with Gasteiger partial charge in [-0.25, -0.2) is 0 Å². The van der Waals surface area contributed by atoms with Crippen LogP contribution >= 0.6 is 15.9 Å². The fraction of sp³-hybridized carbons (Fsp3) is 0.182. The molecule has 1 aromatic rings. The van der Waals surface area contributed by atoms with Crippen LogP contribution in [0.25, 0.3) is 0 Å². The number of nitro groups is 1. The zero-order chi connectivity index (χ0) is 12.0. The Morgan fingerprint density at radius 3 is 2.81 bits per heavy atom. The number of hydrogen-bond acceptors (Lipinski definition) is 3. The molecule has 0 saturated carbocycles. The molecule has 16 heavy (non-hydrogen) atoms. The van der Waals surface area contributed by atoms with Crippen LogP contribution in [-0.4, -0.2) is 10.3 Å². The van der Waals surface area contributed by atoms with Crippen LogP contribution < -0.4 is 0 Å². The van der Waals surface area contributed by atoms with Crippen molar-refractivity contribution in [1.29, 1.82) is 5.26 Å².